The van der Waals surface area contributed by atoms with Gasteiger partial charge in [0.05, 0.1) is 12.4 Å². The van der Waals surface area contributed by atoms with E-state index >= 15 is 0 Å². The van der Waals surface area contributed by atoms with Crippen molar-refractivity contribution < 1.29 is 4.79 Å². The molecule has 1 fully saturated rings. The molecule has 0 aliphatic heterocycles. The highest BCUT2D eigenvalue weighted by Gasteiger charge is 2.15. The Labute approximate surface area is 160 Å². The second kappa shape index (κ2) is 9.13. The third-order valence-corrected chi connectivity index (χ3v) is 4.79. The minimum Gasteiger partial charge on any atom is -0.384 e. The van der Waals surface area contributed by atoms with Crippen LogP contribution < -0.4 is 10.6 Å². The molecule has 6 nitrogen and oxygen atoms in total. The Hall–Kier alpha value is -2.94. The lowest BCUT2D eigenvalue weighted by Gasteiger charge is -2.23. The second-order valence-corrected chi connectivity index (χ2v) is 7.05. The number of Topliss-reactive ketones (excluding diaryl/α,β-unsaturated/α-hetero) is 1. The van der Waals surface area contributed by atoms with E-state index < -0.39 is 0 Å². The molecule has 0 saturated heterocycles. The van der Waals surface area contributed by atoms with Crippen LogP contribution in [0.1, 0.15) is 50.3 Å². The fourth-order valence-electron chi connectivity index (χ4n) is 3.37. The molecule has 140 valence electrons. The van der Waals surface area contributed by atoms with Crippen LogP contribution in [0.3, 0.4) is 0 Å². The van der Waals surface area contributed by atoms with E-state index in [0.717, 1.165) is 17.8 Å². The standard InChI is InChI=1S/C21H25N5O/c1-3-18-13-25-21(14-22-18)26-20-10-19(17(12-24-20)9-15(2)27)23-11-16-7-5-4-6-8-16/h1,10,12-14,16H,4-9,11H2,2H3,(H2,23,24,25,26). The summed E-state index contributed by atoms with van der Waals surface area (Å²) in [5.41, 5.74) is 2.35. The maximum Gasteiger partial charge on any atom is 0.150 e. The number of carbonyl (C=O) groups excluding carboxylic acids is 1. The van der Waals surface area contributed by atoms with Gasteiger partial charge in [-0.25, -0.2) is 15.0 Å². The summed E-state index contributed by atoms with van der Waals surface area (Å²) in [6, 6.07) is 1.93. The van der Waals surface area contributed by atoms with Gasteiger partial charge >= 0.3 is 0 Å². The minimum absolute atomic E-state index is 0.119. The Morgan fingerprint density at radius 2 is 1.93 bits per heavy atom. The molecule has 0 aromatic carbocycles. The summed E-state index contributed by atoms with van der Waals surface area (Å²) in [4.78, 5) is 24.4. The van der Waals surface area contributed by atoms with E-state index in [2.05, 4.69) is 31.5 Å². The highest BCUT2D eigenvalue weighted by molar-refractivity contribution is 5.80. The molecular formula is C21H25N5O. The summed E-state index contributed by atoms with van der Waals surface area (Å²) in [6.07, 6.45) is 17.0. The molecule has 2 heterocycles. The monoisotopic (exact) mass is 363 g/mol. The molecule has 27 heavy (non-hydrogen) atoms. The Balaban J connectivity index is 1.74. The van der Waals surface area contributed by atoms with E-state index in [1.54, 1.807) is 19.3 Å². The van der Waals surface area contributed by atoms with Gasteiger partial charge in [0.2, 0.25) is 0 Å². The zero-order valence-electron chi connectivity index (χ0n) is 15.7. The number of carbonyl (C=O) groups is 1. The Kier molecular flexibility index (Phi) is 6.37. The van der Waals surface area contributed by atoms with Crippen molar-refractivity contribution in [2.24, 2.45) is 5.92 Å². The highest BCUT2D eigenvalue weighted by atomic mass is 16.1. The molecule has 2 N–H and O–H groups in total. The number of hydrogen-bond acceptors (Lipinski definition) is 6. The van der Waals surface area contributed by atoms with Gasteiger partial charge in [-0.05, 0) is 31.6 Å². The average Bonchev–Trinajstić information content (AvgIpc) is 2.69. The number of nitrogens with zero attached hydrogens (tertiary/aromatic N) is 3. The number of aromatic nitrogens is 3. The summed E-state index contributed by atoms with van der Waals surface area (Å²) in [5, 5.41) is 6.67. The normalized spacial score (nSPS) is 14.4. The van der Waals surface area contributed by atoms with Gasteiger partial charge < -0.3 is 10.6 Å². The molecule has 1 aliphatic rings. The fourth-order valence-corrected chi connectivity index (χ4v) is 3.37. The molecule has 6 heteroatoms. The number of ketones is 1. The van der Waals surface area contributed by atoms with E-state index in [0.29, 0.717) is 29.7 Å². The smallest absolute Gasteiger partial charge is 0.150 e. The van der Waals surface area contributed by atoms with Gasteiger partial charge in [-0.15, -0.1) is 6.42 Å². The van der Waals surface area contributed by atoms with Crippen molar-refractivity contribution in [2.45, 2.75) is 45.4 Å². The third-order valence-electron chi connectivity index (χ3n) is 4.79. The third kappa shape index (κ3) is 5.52. The molecular weight excluding hydrogens is 338 g/mol. The van der Waals surface area contributed by atoms with Crippen LogP contribution >= 0.6 is 0 Å². The van der Waals surface area contributed by atoms with Crippen molar-refractivity contribution in [3.63, 3.8) is 0 Å². The summed E-state index contributed by atoms with van der Waals surface area (Å²) in [5.74, 6) is 4.47. The Morgan fingerprint density at radius 3 is 2.59 bits per heavy atom. The second-order valence-electron chi connectivity index (χ2n) is 7.05. The number of anilines is 3. The quantitative estimate of drug-likeness (QED) is 0.730. The first-order valence-corrected chi connectivity index (χ1v) is 9.42. The van der Waals surface area contributed by atoms with Crippen LogP contribution in [-0.4, -0.2) is 27.3 Å². The van der Waals surface area contributed by atoms with Crippen molar-refractivity contribution in [3.05, 3.63) is 35.9 Å². The van der Waals surface area contributed by atoms with Gasteiger partial charge in [0.25, 0.3) is 0 Å². The van der Waals surface area contributed by atoms with Crippen LogP contribution in [-0.2, 0) is 11.2 Å². The number of pyridine rings is 1. The fraction of sp³-hybridized carbons (Fsp3) is 0.429. The van der Waals surface area contributed by atoms with E-state index in [4.69, 9.17) is 6.42 Å². The maximum absolute atomic E-state index is 11.6. The summed E-state index contributed by atoms with van der Waals surface area (Å²) in [7, 11) is 0. The summed E-state index contributed by atoms with van der Waals surface area (Å²) < 4.78 is 0. The number of rotatable bonds is 7. The van der Waals surface area contributed by atoms with Gasteiger partial charge in [0, 0.05) is 36.5 Å². The van der Waals surface area contributed by atoms with Gasteiger partial charge in [-0.1, -0.05) is 19.3 Å². The lowest BCUT2D eigenvalue weighted by Crippen LogP contribution is -2.18. The molecule has 0 spiro atoms. The maximum atomic E-state index is 11.6. The molecule has 0 bridgehead atoms. The molecule has 0 amide bonds. The summed E-state index contributed by atoms with van der Waals surface area (Å²) >= 11 is 0. The molecule has 0 atom stereocenters. The van der Waals surface area contributed by atoms with Gasteiger partial charge in [-0.2, -0.15) is 0 Å². The van der Waals surface area contributed by atoms with Crippen molar-refractivity contribution in [1.82, 2.24) is 15.0 Å². The molecule has 2 aromatic rings. The predicted molar refractivity (Wildman–Crippen MR) is 107 cm³/mol. The SMILES string of the molecule is C#Cc1cnc(Nc2cc(NCC3CCCCC3)c(CC(C)=O)cn2)cn1. The molecule has 1 saturated carbocycles. The average molecular weight is 363 g/mol. The van der Waals surface area contributed by atoms with Crippen molar-refractivity contribution in [1.29, 1.82) is 0 Å². The van der Waals surface area contributed by atoms with Crippen LogP contribution in [0.4, 0.5) is 17.3 Å². The van der Waals surface area contributed by atoms with Gasteiger partial charge in [-0.3, -0.25) is 4.79 Å². The lowest BCUT2D eigenvalue weighted by atomic mass is 9.89. The van der Waals surface area contributed by atoms with Crippen molar-refractivity contribution >= 4 is 23.1 Å². The van der Waals surface area contributed by atoms with E-state index in [1.807, 2.05) is 6.07 Å². The molecule has 3 rings (SSSR count). The molecule has 1 aliphatic carbocycles. The minimum atomic E-state index is 0.119. The first kappa shape index (κ1) is 18.8. The van der Waals surface area contributed by atoms with Crippen molar-refractivity contribution in [3.8, 4) is 12.3 Å². The lowest BCUT2D eigenvalue weighted by molar-refractivity contribution is -0.116. The summed E-state index contributed by atoms with van der Waals surface area (Å²) in [6.45, 7) is 2.52. The van der Waals surface area contributed by atoms with E-state index in [-0.39, 0.29) is 5.78 Å². The number of terminal acetylenes is 1. The van der Waals surface area contributed by atoms with Gasteiger partial charge in [0.1, 0.15) is 23.1 Å². The van der Waals surface area contributed by atoms with E-state index in [9.17, 15) is 4.79 Å². The van der Waals surface area contributed by atoms with Crippen LogP contribution in [0, 0.1) is 18.3 Å². The zero-order chi connectivity index (χ0) is 19.1. The van der Waals surface area contributed by atoms with Crippen LogP contribution in [0.2, 0.25) is 0 Å². The predicted octanol–water partition coefficient (Wildman–Crippen LogP) is 3.72. The van der Waals surface area contributed by atoms with Crippen LogP contribution in [0.15, 0.2) is 24.7 Å². The largest absolute Gasteiger partial charge is 0.384 e. The zero-order valence-corrected chi connectivity index (χ0v) is 15.7. The van der Waals surface area contributed by atoms with Crippen LogP contribution in [0.5, 0.6) is 0 Å². The first-order valence-electron chi connectivity index (χ1n) is 9.42. The van der Waals surface area contributed by atoms with Crippen LogP contribution in [0.25, 0.3) is 0 Å². The number of hydrogen-bond donors (Lipinski definition) is 2. The molecule has 0 unspecified atom stereocenters. The number of nitrogens with one attached hydrogen (secondary N) is 2. The Bertz CT molecular complexity index is 819. The topological polar surface area (TPSA) is 79.8 Å². The molecule has 0 radical (unpaired) electrons. The Morgan fingerprint density at radius 1 is 1.15 bits per heavy atom. The van der Waals surface area contributed by atoms with Gasteiger partial charge in [0.15, 0.2) is 0 Å². The molecule has 2 aromatic heterocycles. The first-order chi connectivity index (χ1) is 13.1. The highest BCUT2D eigenvalue weighted by Crippen LogP contribution is 2.26. The van der Waals surface area contributed by atoms with Crippen molar-refractivity contribution in [2.75, 3.05) is 17.2 Å². The van der Waals surface area contributed by atoms with E-state index in [1.165, 1.54) is 38.3 Å².